The lowest BCUT2D eigenvalue weighted by Crippen LogP contribution is -2.14. The summed E-state index contributed by atoms with van der Waals surface area (Å²) in [6.45, 7) is 4.82. The quantitative estimate of drug-likeness (QED) is 0.849. The average molecular weight is 258 g/mol. The summed E-state index contributed by atoms with van der Waals surface area (Å²) in [4.78, 5) is 0. The molecule has 0 saturated heterocycles. The van der Waals surface area contributed by atoms with Gasteiger partial charge in [0, 0.05) is 23.2 Å². The third-order valence-corrected chi connectivity index (χ3v) is 2.80. The van der Waals surface area contributed by atoms with Crippen LogP contribution in [0.25, 0.3) is 0 Å². The molecule has 1 rings (SSSR count). The van der Waals surface area contributed by atoms with Gasteiger partial charge in [0.15, 0.2) is 11.5 Å². The summed E-state index contributed by atoms with van der Waals surface area (Å²) >= 11 is 6.04. The molecule has 0 heterocycles. The molecular formula is C13H20ClNO2. The number of ether oxygens (including phenoxy) is 2. The fraction of sp³-hybridized carbons (Fsp3) is 0.538. The van der Waals surface area contributed by atoms with Crippen molar-refractivity contribution in [2.45, 2.75) is 32.9 Å². The largest absolute Gasteiger partial charge is 0.493 e. The molecule has 1 unspecified atom stereocenters. The maximum Gasteiger partial charge on any atom is 0.166 e. The van der Waals surface area contributed by atoms with E-state index < -0.39 is 0 Å². The van der Waals surface area contributed by atoms with Gasteiger partial charge in [-0.2, -0.15) is 0 Å². The fourth-order valence-corrected chi connectivity index (χ4v) is 1.75. The Bertz CT molecular complexity index is 369. The Morgan fingerprint density at radius 2 is 2.12 bits per heavy atom. The van der Waals surface area contributed by atoms with Crippen LogP contribution >= 0.6 is 11.6 Å². The van der Waals surface area contributed by atoms with Gasteiger partial charge in [0.1, 0.15) is 0 Å². The normalized spacial score (nSPS) is 12.3. The van der Waals surface area contributed by atoms with Crippen molar-refractivity contribution in [2.75, 3.05) is 14.2 Å². The summed E-state index contributed by atoms with van der Waals surface area (Å²) < 4.78 is 11.2. The van der Waals surface area contributed by atoms with Crippen molar-refractivity contribution in [3.63, 3.8) is 0 Å². The second kappa shape index (κ2) is 6.72. The third kappa shape index (κ3) is 3.79. The fourth-order valence-electron chi connectivity index (χ4n) is 1.51. The Hall–Kier alpha value is -0.930. The highest BCUT2D eigenvalue weighted by molar-refractivity contribution is 6.30. The first kappa shape index (κ1) is 14.1. The van der Waals surface area contributed by atoms with Crippen LogP contribution in [0.4, 0.5) is 0 Å². The predicted octanol–water partition coefficient (Wildman–Crippen LogP) is 3.25. The molecule has 1 N–H and O–H groups in total. The zero-order valence-electron chi connectivity index (χ0n) is 10.8. The van der Waals surface area contributed by atoms with Crippen molar-refractivity contribution in [1.82, 2.24) is 5.32 Å². The van der Waals surface area contributed by atoms with E-state index in [1.54, 1.807) is 13.2 Å². The molecule has 0 saturated carbocycles. The number of halogens is 1. The number of methoxy groups -OCH3 is 1. The second-order valence-corrected chi connectivity index (χ2v) is 4.40. The number of nitrogens with one attached hydrogen (secondary N) is 1. The van der Waals surface area contributed by atoms with Crippen LogP contribution in [-0.4, -0.2) is 20.3 Å². The van der Waals surface area contributed by atoms with Crippen LogP contribution in [0.5, 0.6) is 11.5 Å². The Morgan fingerprint density at radius 3 is 2.65 bits per heavy atom. The van der Waals surface area contributed by atoms with Gasteiger partial charge in [-0.25, -0.2) is 0 Å². The van der Waals surface area contributed by atoms with Crippen LogP contribution in [-0.2, 0) is 6.54 Å². The first-order valence-electron chi connectivity index (χ1n) is 5.80. The summed E-state index contributed by atoms with van der Waals surface area (Å²) in [6.07, 6.45) is 1.10. The number of rotatable bonds is 6. The first-order valence-corrected chi connectivity index (χ1v) is 6.17. The van der Waals surface area contributed by atoms with Crippen molar-refractivity contribution in [1.29, 1.82) is 0 Å². The molecule has 3 nitrogen and oxygen atoms in total. The summed E-state index contributed by atoms with van der Waals surface area (Å²) in [6, 6.07) is 3.68. The molecule has 0 bridgehead atoms. The Labute approximate surface area is 108 Å². The standard InChI is InChI=1S/C13H20ClNO2/c1-5-9(2)17-13-10(8-15-3)6-11(14)7-12(13)16-4/h6-7,9,15H,5,8H2,1-4H3. The lowest BCUT2D eigenvalue weighted by Gasteiger charge is -2.19. The molecule has 0 aliphatic heterocycles. The second-order valence-electron chi connectivity index (χ2n) is 3.96. The third-order valence-electron chi connectivity index (χ3n) is 2.58. The average Bonchev–Trinajstić information content (AvgIpc) is 2.32. The predicted molar refractivity (Wildman–Crippen MR) is 71.1 cm³/mol. The van der Waals surface area contributed by atoms with E-state index in [1.807, 2.05) is 20.0 Å². The van der Waals surface area contributed by atoms with Crippen molar-refractivity contribution in [2.24, 2.45) is 0 Å². The molecular weight excluding hydrogens is 238 g/mol. The highest BCUT2D eigenvalue weighted by Gasteiger charge is 2.14. The van der Waals surface area contributed by atoms with Crippen molar-refractivity contribution < 1.29 is 9.47 Å². The van der Waals surface area contributed by atoms with Gasteiger partial charge in [0.05, 0.1) is 13.2 Å². The monoisotopic (exact) mass is 257 g/mol. The molecule has 1 aromatic rings. The van der Waals surface area contributed by atoms with Gasteiger partial charge in [-0.3, -0.25) is 0 Å². The van der Waals surface area contributed by atoms with Crippen LogP contribution in [0.15, 0.2) is 12.1 Å². The molecule has 0 aliphatic carbocycles. The zero-order valence-corrected chi connectivity index (χ0v) is 11.6. The summed E-state index contributed by atoms with van der Waals surface area (Å²) in [7, 11) is 3.51. The van der Waals surface area contributed by atoms with Crippen LogP contribution in [0.3, 0.4) is 0 Å². The number of benzene rings is 1. The molecule has 4 heteroatoms. The van der Waals surface area contributed by atoms with Crippen LogP contribution in [0, 0.1) is 0 Å². The molecule has 0 spiro atoms. The van der Waals surface area contributed by atoms with Crippen LogP contribution in [0.1, 0.15) is 25.8 Å². The summed E-state index contributed by atoms with van der Waals surface area (Å²) in [5, 5.41) is 3.76. The molecule has 0 fully saturated rings. The topological polar surface area (TPSA) is 30.5 Å². The highest BCUT2D eigenvalue weighted by atomic mass is 35.5. The minimum absolute atomic E-state index is 0.153. The van der Waals surface area contributed by atoms with Gasteiger partial charge in [0.25, 0.3) is 0 Å². The van der Waals surface area contributed by atoms with E-state index >= 15 is 0 Å². The Balaban J connectivity index is 3.11. The minimum atomic E-state index is 0.153. The van der Waals surface area contributed by atoms with Crippen LogP contribution in [0.2, 0.25) is 5.02 Å². The van der Waals surface area contributed by atoms with Gasteiger partial charge in [-0.05, 0) is 26.5 Å². The van der Waals surface area contributed by atoms with E-state index in [9.17, 15) is 0 Å². The molecule has 17 heavy (non-hydrogen) atoms. The summed E-state index contributed by atoms with van der Waals surface area (Å²) in [5.74, 6) is 1.46. The van der Waals surface area contributed by atoms with E-state index in [0.29, 0.717) is 17.3 Å². The number of hydrogen-bond donors (Lipinski definition) is 1. The van der Waals surface area contributed by atoms with E-state index in [-0.39, 0.29) is 6.10 Å². The maximum absolute atomic E-state index is 6.04. The zero-order chi connectivity index (χ0) is 12.8. The van der Waals surface area contributed by atoms with E-state index in [4.69, 9.17) is 21.1 Å². The van der Waals surface area contributed by atoms with Gasteiger partial charge in [0.2, 0.25) is 0 Å². The summed E-state index contributed by atoms with van der Waals surface area (Å²) in [5.41, 5.74) is 1.01. The van der Waals surface area contributed by atoms with Crippen LogP contribution < -0.4 is 14.8 Å². The van der Waals surface area contributed by atoms with E-state index in [2.05, 4.69) is 12.2 Å². The van der Waals surface area contributed by atoms with Crippen molar-refractivity contribution in [3.8, 4) is 11.5 Å². The highest BCUT2D eigenvalue weighted by Crippen LogP contribution is 2.35. The van der Waals surface area contributed by atoms with E-state index in [1.165, 1.54) is 0 Å². The maximum atomic E-state index is 6.04. The number of hydrogen-bond acceptors (Lipinski definition) is 3. The molecule has 1 aromatic carbocycles. The molecule has 0 amide bonds. The lowest BCUT2D eigenvalue weighted by molar-refractivity contribution is 0.205. The van der Waals surface area contributed by atoms with Crippen molar-refractivity contribution in [3.05, 3.63) is 22.7 Å². The first-order chi connectivity index (χ1) is 8.12. The lowest BCUT2D eigenvalue weighted by atomic mass is 10.1. The van der Waals surface area contributed by atoms with Gasteiger partial charge in [-0.1, -0.05) is 18.5 Å². The molecule has 1 atom stereocenters. The van der Waals surface area contributed by atoms with Gasteiger partial charge < -0.3 is 14.8 Å². The molecule has 0 radical (unpaired) electrons. The van der Waals surface area contributed by atoms with Gasteiger partial charge in [-0.15, -0.1) is 0 Å². The molecule has 96 valence electrons. The molecule has 0 aromatic heterocycles. The van der Waals surface area contributed by atoms with E-state index in [0.717, 1.165) is 17.7 Å². The SMILES string of the molecule is CCC(C)Oc1c(CNC)cc(Cl)cc1OC. The Morgan fingerprint density at radius 1 is 1.41 bits per heavy atom. The smallest absolute Gasteiger partial charge is 0.166 e. The van der Waals surface area contributed by atoms with Crippen molar-refractivity contribution >= 4 is 11.6 Å². The van der Waals surface area contributed by atoms with Gasteiger partial charge >= 0.3 is 0 Å². The molecule has 0 aliphatic rings. The minimum Gasteiger partial charge on any atom is -0.493 e. The Kier molecular flexibility index (Phi) is 5.59.